The minimum absolute atomic E-state index is 0.288. The summed E-state index contributed by atoms with van der Waals surface area (Å²) in [5, 5.41) is 12.2. The maximum absolute atomic E-state index is 13.6. The molecule has 6 heteroatoms. The van der Waals surface area contributed by atoms with Crippen LogP contribution in [0.1, 0.15) is 30.0 Å². The third-order valence-corrected chi connectivity index (χ3v) is 5.01. The van der Waals surface area contributed by atoms with Crippen molar-refractivity contribution in [1.29, 1.82) is 0 Å². The zero-order valence-electron chi connectivity index (χ0n) is 15.8. The second kappa shape index (κ2) is 8.45. The fraction of sp³-hybridized carbons (Fsp3) is 0.130. The Kier molecular flexibility index (Phi) is 5.58. The van der Waals surface area contributed by atoms with Gasteiger partial charge in [-0.1, -0.05) is 61.0 Å². The van der Waals surface area contributed by atoms with Crippen LogP contribution in [-0.2, 0) is 6.42 Å². The van der Waals surface area contributed by atoms with E-state index in [-0.39, 0.29) is 5.02 Å². The molecule has 0 aliphatic heterocycles. The molecule has 0 aliphatic carbocycles. The van der Waals surface area contributed by atoms with E-state index < -0.39 is 11.9 Å². The second-order valence-electron chi connectivity index (χ2n) is 6.57. The van der Waals surface area contributed by atoms with Crippen LogP contribution < -0.4 is 5.32 Å². The van der Waals surface area contributed by atoms with E-state index in [0.29, 0.717) is 17.3 Å². The monoisotopic (exact) mass is 407 g/mol. The Hall–Kier alpha value is -3.18. The number of halogens is 2. The van der Waals surface area contributed by atoms with Gasteiger partial charge in [-0.05, 0) is 42.3 Å². The molecule has 0 bridgehead atoms. The van der Waals surface area contributed by atoms with Crippen molar-refractivity contribution in [2.75, 3.05) is 5.32 Å². The number of anilines is 1. The van der Waals surface area contributed by atoms with Crippen LogP contribution in [-0.4, -0.2) is 10.2 Å². The van der Waals surface area contributed by atoms with E-state index in [2.05, 4.69) is 28.5 Å². The molecule has 0 saturated carbocycles. The summed E-state index contributed by atoms with van der Waals surface area (Å²) < 4.78 is 19.6. The molecule has 1 N–H and O–H groups in total. The van der Waals surface area contributed by atoms with E-state index in [4.69, 9.17) is 16.0 Å². The minimum atomic E-state index is -0.527. The minimum Gasteiger partial charge on any atom is -0.418 e. The summed E-state index contributed by atoms with van der Waals surface area (Å²) in [7, 11) is 0. The van der Waals surface area contributed by atoms with Crippen molar-refractivity contribution in [3.05, 3.63) is 101 Å². The van der Waals surface area contributed by atoms with Gasteiger partial charge in [0.05, 0.1) is 0 Å². The molecule has 0 saturated heterocycles. The van der Waals surface area contributed by atoms with Crippen molar-refractivity contribution in [3.8, 4) is 11.5 Å². The number of para-hydroxylation sites is 1. The third-order valence-electron chi connectivity index (χ3n) is 4.68. The van der Waals surface area contributed by atoms with Crippen molar-refractivity contribution >= 4 is 17.3 Å². The van der Waals surface area contributed by atoms with Crippen LogP contribution in [0.2, 0.25) is 5.02 Å². The Balaban J connectivity index is 1.77. The summed E-state index contributed by atoms with van der Waals surface area (Å²) in [5.41, 5.74) is 3.55. The van der Waals surface area contributed by atoms with Gasteiger partial charge in [-0.3, -0.25) is 0 Å². The number of nitrogens with one attached hydrogen (secondary N) is 1. The molecule has 1 aromatic heterocycles. The van der Waals surface area contributed by atoms with Crippen molar-refractivity contribution in [1.82, 2.24) is 10.2 Å². The number of rotatable bonds is 6. The number of aromatic nitrogens is 2. The Bertz CT molecular complexity index is 1110. The SMILES string of the molecule is CCc1ccccc1N[C@@H](c1nnc(-c2ccccc2)o1)c1ccc(F)cc1Cl. The predicted molar refractivity (Wildman–Crippen MR) is 112 cm³/mol. The van der Waals surface area contributed by atoms with Gasteiger partial charge >= 0.3 is 0 Å². The first kappa shape index (κ1) is 19.2. The van der Waals surface area contributed by atoms with Crippen molar-refractivity contribution in [3.63, 3.8) is 0 Å². The molecule has 4 aromatic rings. The molecule has 146 valence electrons. The van der Waals surface area contributed by atoms with Crippen LogP contribution in [0, 0.1) is 5.82 Å². The summed E-state index contributed by atoms with van der Waals surface area (Å²) in [5.74, 6) is 0.361. The number of hydrogen-bond acceptors (Lipinski definition) is 4. The van der Waals surface area contributed by atoms with Gasteiger partial charge in [0.25, 0.3) is 0 Å². The first-order valence-corrected chi connectivity index (χ1v) is 9.71. The lowest BCUT2D eigenvalue weighted by atomic mass is 10.0. The zero-order valence-corrected chi connectivity index (χ0v) is 16.5. The van der Waals surface area contributed by atoms with E-state index in [9.17, 15) is 4.39 Å². The lowest BCUT2D eigenvalue weighted by Gasteiger charge is -2.20. The number of nitrogens with zero attached hydrogens (tertiary/aromatic N) is 2. The first-order chi connectivity index (χ1) is 14.2. The largest absolute Gasteiger partial charge is 0.418 e. The Morgan fingerprint density at radius 1 is 1.00 bits per heavy atom. The third kappa shape index (κ3) is 4.15. The van der Waals surface area contributed by atoms with Gasteiger partial charge in [0.15, 0.2) is 0 Å². The number of hydrogen-bond donors (Lipinski definition) is 1. The van der Waals surface area contributed by atoms with Crippen LogP contribution >= 0.6 is 11.6 Å². The molecule has 1 atom stereocenters. The standard InChI is InChI=1S/C23H19ClFN3O/c1-2-15-8-6-7-11-20(15)26-21(18-13-12-17(25)14-19(18)24)23-28-27-22(29-23)16-9-4-3-5-10-16/h3-14,21,26H,2H2,1H3/t21-/m1/s1. The lowest BCUT2D eigenvalue weighted by Crippen LogP contribution is -2.14. The molecule has 0 aliphatic rings. The highest BCUT2D eigenvalue weighted by Crippen LogP contribution is 2.33. The van der Waals surface area contributed by atoms with Gasteiger partial charge in [0.1, 0.15) is 11.9 Å². The summed E-state index contributed by atoms with van der Waals surface area (Å²) in [4.78, 5) is 0. The van der Waals surface area contributed by atoms with Gasteiger partial charge in [-0.25, -0.2) is 4.39 Å². The molecular formula is C23H19ClFN3O. The van der Waals surface area contributed by atoms with Crippen LogP contribution in [0.15, 0.2) is 77.2 Å². The van der Waals surface area contributed by atoms with Crippen LogP contribution in [0.25, 0.3) is 11.5 Å². The first-order valence-electron chi connectivity index (χ1n) is 9.34. The van der Waals surface area contributed by atoms with Gasteiger partial charge in [-0.15, -0.1) is 10.2 Å². The highest BCUT2D eigenvalue weighted by atomic mass is 35.5. The second-order valence-corrected chi connectivity index (χ2v) is 6.97. The van der Waals surface area contributed by atoms with E-state index in [1.165, 1.54) is 12.1 Å². The fourth-order valence-corrected chi connectivity index (χ4v) is 3.46. The lowest BCUT2D eigenvalue weighted by molar-refractivity contribution is 0.493. The van der Waals surface area contributed by atoms with Gasteiger partial charge in [-0.2, -0.15) is 0 Å². The zero-order chi connectivity index (χ0) is 20.2. The van der Waals surface area contributed by atoms with Crippen LogP contribution in [0.4, 0.5) is 10.1 Å². The van der Waals surface area contributed by atoms with E-state index in [0.717, 1.165) is 23.2 Å². The van der Waals surface area contributed by atoms with Gasteiger partial charge < -0.3 is 9.73 Å². The summed E-state index contributed by atoms with van der Waals surface area (Å²) >= 11 is 6.37. The maximum Gasteiger partial charge on any atom is 0.247 e. The summed E-state index contributed by atoms with van der Waals surface area (Å²) in [6.45, 7) is 2.08. The molecule has 0 amide bonds. The molecule has 0 spiro atoms. The molecule has 0 radical (unpaired) electrons. The average molecular weight is 408 g/mol. The fourth-order valence-electron chi connectivity index (χ4n) is 3.18. The van der Waals surface area contributed by atoms with E-state index in [1.807, 2.05) is 48.5 Å². The average Bonchev–Trinajstić information content (AvgIpc) is 3.23. The highest BCUT2D eigenvalue weighted by Gasteiger charge is 2.24. The van der Waals surface area contributed by atoms with Crippen LogP contribution in [0.3, 0.4) is 0 Å². The Labute approximate surface area is 173 Å². The topological polar surface area (TPSA) is 51.0 Å². The molecule has 3 aromatic carbocycles. The van der Waals surface area contributed by atoms with E-state index in [1.54, 1.807) is 6.07 Å². The van der Waals surface area contributed by atoms with Crippen LogP contribution in [0.5, 0.6) is 0 Å². The summed E-state index contributed by atoms with van der Waals surface area (Å²) in [6, 6.07) is 21.3. The van der Waals surface area contributed by atoms with Crippen molar-refractivity contribution in [2.24, 2.45) is 0 Å². The predicted octanol–water partition coefficient (Wildman–Crippen LogP) is 6.29. The molecule has 0 unspecified atom stereocenters. The van der Waals surface area contributed by atoms with Gasteiger partial charge in [0.2, 0.25) is 11.8 Å². The Morgan fingerprint density at radius 3 is 2.52 bits per heavy atom. The smallest absolute Gasteiger partial charge is 0.247 e. The molecular weight excluding hydrogens is 389 g/mol. The summed E-state index contributed by atoms with van der Waals surface area (Å²) in [6.07, 6.45) is 0.853. The quantitative estimate of drug-likeness (QED) is 0.408. The molecule has 4 rings (SSSR count). The molecule has 4 nitrogen and oxygen atoms in total. The maximum atomic E-state index is 13.6. The van der Waals surface area contributed by atoms with Gasteiger partial charge in [0, 0.05) is 21.8 Å². The Morgan fingerprint density at radius 2 is 1.76 bits per heavy atom. The number of benzene rings is 3. The van der Waals surface area contributed by atoms with Crippen molar-refractivity contribution < 1.29 is 8.81 Å². The molecule has 1 heterocycles. The normalized spacial score (nSPS) is 12.0. The van der Waals surface area contributed by atoms with E-state index >= 15 is 0 Å². The number of aryl methyl sites for hydroxylation is 1. The highest BCUT2D eigenvalue weighted by molar-refractivity contribution is 6.31. The van der Waals surface area contributed by atoms with Crippen molar-refractivity contribution in [2.45, 2.75) is 19.4 Å². The molecule has 0 fully saturated rings. The molecule has 29 heavy (non-hydrogen) atoms.